The van der Waals surface area contributed by atoms with E-state index in [2.05, 4.69) is 15.0 Å². The first-order valence-corrected chi connectivity index (χ1v) is 9.39. The fourth-order valence-electron chi connectivity index (χ4n) is 3.02. The molecule has 0 radical (unpaired) electrons. The van der Waals surface area contributed by atoms with Crippen LogP contribution in [0.2, 0.25) is 5.02 Å². The molecule has 2 heterocycles. The Morgan fingerprint density at radius 1 is 1.07 bits per heavy atom. The summed E-state index contributed by atoms with van der Waals surface area (Å²) < 4.78 is 5.69. The summed E-state index contributed by atoms with van der Waals surface area (Å²) >= 11 is 6.40. The second kappa shape index (κ2) is 7.61. The van der Waals surface area contributed by atoms with Gasteiger partial charge in [-0.15, -0.1) is 0 Å². The van der Waals surface area contributed by atoms with E-state index in [1.807, 2.05) is 0 Å². The van der Waals surface area contributed by atoms with Gasteiger partial charge < -0.3 is 14.8 Å². The number of hydrogen-bond acceptors (Lipinski definition) is 5. The van der Waals surface area contributed by atoms with Crippen molar-refractivity contribution in [2.45, 2.75) is 13.8 Å². The highest BCUT2D eigenvalue weighted by Crippen LogP contribution is 2.31. The van der Waals surface area contributed by atoms with Crippen LogP contribution in [-0.2, 0) is 0 Å². The normalized spacial score (nSPS) is 10.9. The predicted molar refractivity (Wildman–Crippen MR) is 113 cm³/mol. The predicted octanol–water partition coefficient (Wildman–Crippen LogP) is 5.28. The molecule has 0 fully saturated rings. The molecule has 4 rings (SSSR count). The number of carbonyl (C=O) groups excluding carboxylic acids is 1. The third-order valence-corrected chi connectivity index (χ3v) is 4.91. The van der Waals surface area contributed by atoms with Gasteiger partial charge in [0.2, 0.25) is 0 Å². The average Bonchev–Trinajstić information content (AvgIpc) is 3.09. The molecular formula is C22H16ClN3O4. The van der Waals surface area contributed by atoms with E-state index in [-0.39, 0.29) is 17.4 Å². The van der Waals surface area contributed by atoms with Crippen molar-refractivity contribution in [1.29, 1.82) is 0 Å². The number of aromatic amines is 1. The van der Waals surface area contributed by atoms with Crippen molar-refractivity contribution in [3.8, 4) is 23.0 Å². The molecule has 0 aliphatic rings. The summed E-state index contributed by atoms with van der Waals surface area (Å²) in [6.07, 6.45) is 0. The summed E-state index contributed by atoms with van der Waals surface area (Å²) in [5.41, 5.74) is 3.64. The monoisotopic (exact) mass is 421 g/mol. The fraction of sp³-hybridized carbons (Fsp3) is 0.0909. The van der Waals surface area contributed by atoms with E-state index in [1.54, 1.807) is 49.4 Å². The molecule has 0 aliphatic carbocycles. The highest BCUT2D eigenvalue weighted by Gasteiger charge is 2.14. The molecule has 0 spiro atoms. The SMILES string of the molecule is CC(=O)c1ccc(-c2nc3nc(Oc4ccc(C)c(C(=O)O)c4)[nH]c3cc2Cl)cc1. The van der Waals surface area contributed by atoms with Crippen LogP contribution in [0, 0.1) is 6.92 Å². The Morgan fingerprint density at radius 3 is 2.47 bits per heavy atom. The van der Waals surface area contributed by atoms with E-state index in [9.17, 15) is 14.7 Å². The van der Waals surface area contributed by atoms with Gasteiger partial charge >= 0.3 is 12.0 Å². The molecule has 0 atom stereocenters. The van der Waals surface area contributed by atoms with Crippen LogP contribution < -0.4 is 4.74 Å². The highest BCUT2D eigenvalue weighted by atomic mass is 35.5. The number of imidazole rings is 1. The van der Waals surface area contributed by atoms with Crippen LogP contribution in [0.4, 0.5) is 0 Å². The molecule has 0 saturated carbocycles. The number of carboxylic acid groups (broad SMARTS) is 1. The number of aryl methyl sites for hydroxylation is 1. The Labute approximate surface area is 176 Å². The van der Waals surface area contributed by atoms with E-state index < -0.39 is 5.97 Å². The second-order valence-electron chi connectivity index (χ2n) is 6.75. The first-order chi connectivity index (χ1) is 14.3. The molecule has 2 N–H and O–H groups in total. The molecule has 0 aliphatic heterocycles. The number of nitrogens with one attached hydrogen (secondary N) is 1. The minimum Gasteiger partial charge on any atom is -0.478 e. The Morgan fingerprint density at radius 2 is 1.80 bits per heavy atom. The minimum absolute atomic E-state index is 0.0210. The van der Waals surface area contributed by atoms with Gasteiger partial charge in [0.15, 0.2) is 11.4 Å². The summed E-state index contributed by atoms with van der Waals surface area (Å²) in [7, 11) is 0. The van der Waals surface area contributed by atoms with E-state index in [1.165, 1.54) is 13.0 Å². The zero-order valence-electron chi connectivity index (χ0n) is 16.1. The molecule has 30 heavy (non-hydrogen) atoms. The van der Waals surface area contributed by atoms with E-state index in [0.29, 0.717) is 38.8 Å². The van der Waals surface area contributed by atoms with Gasteiger partial charge in [0, 0.05) is 11.1 Å². The molecule has 150 valence electrons. The van der Waals surface area contributed by atoms with Crippen LogP contribution in [0.3, 0.4) is 0 Å². The zero-order chi connectivity index (χ0) is 21.4. The molecule has 2 aromatic heterocycles. The van der Waals surface area contributed by atoms with Gasteiger partial charge in [0.05, 0.1) is 21.8 Å². The second-order valence-corrected chi connectivity index (χ2v) is 7.16. The third-order valence-electron chi connectivity index (χ3n) is 4.62. The molecule has 8 heteroatoms. The maximum Gasteiger partial charge on any atom is 0.336 e. The number of fused-ring (bicyclic) bond motifs is 1. The first kappa shape index (κ1) is 19.6. The average molecular weight is 422 g/mol. The zero-order valence-corrected chi connectivity index (χ0v) is 16.8. The molecule has 0 bridgehead atoms. The third kappa shape index (κ3) is 3.75. The molecular weight excluding hydrogens is 406 g/mol. The van der Waals surface area contributed by atoms with Crippen LogP contribution in [-0.4, -0.2) is 31.8 Å². The van der Waals surface area contributed by atoms with Crippen LogP contribution >= 0.6 is 11.6 Å². The lowest BCUT2D eigenvalue weighted by atomic mass is 10.1. The molecule has 0 unspecified atom stereocenters. The molecule has 7 nitrogen and oxygen atoms in total. The lowest BCUT2D eigenvalue weighted by Gasteiger charge is -2.05. The molecule has 0 saturated heterocycles. The first-order valence-electron chi connectivity index (χ1n) is 9.01. The minimum atomic E-state index is -1.03. The summed E-state index contributed by atoms with van der Waals surface area (Å²) in [6, 6.07) is 13.6. The largest absolute Gasteiger partial charge is 0.478 e. The van der Waals surface area contributed by atoms with Gasteiger partial charge in [-0.25, -0.2) is 9.78 Å². The number of nitrogens with zero attached hydrogens (tertiary/aromatic N) is 2. The number of aromatic nitrogens is 3. The number of hydrogen-bond donors (Lipinski definition) is 2. The van der Waals surface area contributed by atoms with Gasteiger partial charge in [0.25, 0.3) is 0 Å². The maximum atomic E-state index is 11.5. The number of carboxylic acids is 1. The fourth-order valence-corrected chi connectivity index (χ4v) is 3.28. The topological polar surface area (TPSA) is 105 Å². The Bertz CT molecular complexity index is 1300. The van der Waals surface area contributed by atoms with Crippen molar-refractivity contribution in [2.24, 2.45) is 0 Å². The number of halogens is 1. The van der Waals surface area contributed by atoms with E-state index in [0.717, 1.165) is 5.56 Å². The lowest BCUT2D eigenvalue weighted by Crippen LogP contribution is -2.00. The van der Waals surface area contributed by atoms with Crippen LogP contribution in [0.1, 0.15) is 33.2 Å². The van der Waals surface area contributed by atoms with Crippen molar-refractivity contribution >= 4 is 34.5 Å². The molecule has 0 amide bonds. The Balaban J connectivity index is 1.67. The molecule has 4 aromatic rings. The number of carbonyl (C=O) groups is 2. The smallest absolute Gasteiger partial charge is 0.336 e. The Kier molecular flexibility index (Phi) is 4.97. The van der Waals surface area contributed by atoms with Gasteiger partial charge in [-0.3, -0.25) is 4.79 Å². The van der Waals surface area contributed by atoms with Crippen molar-refractivity contribution < 1.29 is 19.4 Å². The summed E-state index contributed by atoms with van der Waals surface area (Å²) in [6.45, 7) is 3.22. The summed E-state index contributed by atoms with van der Waals surface area (Å²) in [5, 5.41) is 9.68. The number of Topliss-reactive ketones (excluding diaryl/α,β-unsaturated/α-hetero) is 1. The van der Waals surface area contributed by atoms with E-state index >= 15 is 0 Å². The highest BCUT2D eigenvalue weighted by molar-refractivity contribution is 6.33. The van der Waals surface area contributed by atoms with Gasteiger partial charge in [-0.1, -0.05) is 41.9 Å². The number of ether oxygens (including phenoxy) is 1. The van der Waals surface area contributed by atoms with Crippen LogP contribution in [0.5, 0.6) is 11.8 Å². The standard InChI is InChI=1S/C22H16ClN3O4/c1-11-3-8-15(9-16(11)21(28)29)30-22-24-18-10-17(23)19(25-20(18)26-22)14-6-4-13(5-7-14)12(2)27/h3-10H,1-2H3,(H,28,29)(H,24,25,26). The number of benzene rings is 2. The van der Waals surface area contributed by atoms with Crippen molar-refractivity contribution in [2.75, 3.05) is 0 Å². The van der Waals surface area contributed by atoms with Crippen molar-refractivity contribution in [3.63, 3.8) is 0 Å². The Hall–Kier alpha value is -3.71. The van der Waals surface area contributed by atoms with E-state index in [4.69, 9.17) is 16.3 Å². The summed E-state index contributed by atoms with van der Waals surface area (Å²) in [4.78, 5) is 34.6. The van der Waals surface area contributed by atoms with Gasteiger partial charge in [-0.05, 0) is 37.6 Å². The van der Waals surface area contributed by atoms with Crippen LogP contribution in [0.15, 0.2) is 48.5 Å². The van der Waals surface area contributed by atoms with Crippen molar-refractivity contribution in [1.82, 2.24) is 15.0 Å². The molecule has 2 aromatic carbocycles. The van der Waals surface area contributed by atoms with Gasteiger partial charge in [-0.2, -0.15) is 4.98 Å². The van der Waals surface area contributed by atoms with Crippen LogP contribution in [0.25, 0.3) is 22.4 Å². The number of aromatic carboxylic acids is 1. The number of ketones is 1. The summed E-state index contributed by atoms with van der Waals surface area (Å²) in [5.74, 6) is -0.716. The quantitative estimate of drug-likeness (QED) is 0.425. The lowest BCUT2D eigenvalue weighted by molar-refractivity contribution is 0.0695. The van der Waals surface area contributed by atoms with Crippen molar-refractivity contribution in [3.05, 3.63) is 70.2 Å². The number of pyridine rings is 1. The number of H-pyrrole nitrogens is 1. The number of rotatable bonds is 5. The maximum absolute atomic E-state index is 11.5. The van der Waals surface area contributed by atoms with Gasteiger partial charge in [0.1, 0.15) is 5.75 Å².